The number of anilines is 4. The van der Waals surface area contributed by atoms with Gasteiger partial charge in [0.15, 0.2) is 0 Å². The van der Waals surface area contributed by atoms with Gasteiger partial charge in [0.1, 0.15) is 5.75 Å². The minimum atomic E-state index is -0.208. The first-order valence-corrected chi connectivity index (χ1v) is 13.5. The lowest BCUT2D eigenvalue weighted by Gasteiger charge is -2.26. The summed E-state index contributed by atoms with van der Waals surface area (Å²) in [5.74, 6) is 0.827. The molecule has 0 saturated carbocycles. The molecule has 9 heteroatoms. The lowest BCUT2D eigenvalue weighted by molar-refractivity contribution is -0.111. The number of benzene rings is 2. The van der Waals surface area contributed by atoms with Gasteiger partial charge in [0, 0.05) is 62.1 Å². The predicted molar refractivity (Wildman–Crippen MR) is 174 cm³/mol. The number of carbonyl (C=O) groups is 1. The van der Waals surface area contributed by atoms with Crippen molar-refractivity contribution < 1.29 is 9.53 Å². The molecule has 2 aromatic carbocycles. The van der Waals surface area contributed by atoms with E-state index in [1.807, 2.05) is 79.3 Å². The standard InChI is InChI=1S/C29H35N7O2.C2H6.CH4/c1-7-10-28(37)31-23-17-24(27(38-6)18-26(23)35(4)16-15-34(2)3)33-29-30-14-13-22(32-29)21-19-36(5)25-12-9-8-11-20(21)25;1-2;/h7-14,17-19H,15-16H2,1-6H3,(H,31,37)(H,30,32,33);1-2H3;1H4/b10-7+;;. The number of para-hydroxylation sites is 1. The molecule has 0 atom stereocenters. The third-order valence-corrected chi connectivity index (χ3v) is 6.26. The molecule has 2 heterocycles. The Bertz CT molecular complexity index is 1460. The van der Waals surface area contributed by atoms with Gasteiger partial charge in [-0.1, -0.05) is 45.5 Å². The number of methoxy groups -OCH3 is 1. The van der Waals surface area contributed by atoms with Crippen LogP contribution in [0, 0.1) is 0 Å². The highest BCUT2D eigenvalue weighted by atomic mass is 16.5. The maximum Gasteiger partial charge on any atom is 0.248 e. The molecule has 2 N–H and O–H groups in total. The smallest absolute Gasteiger partial charge is 0.248 e. The van der Waals surface area contributed by atoms with Crippen molar-refractivity contribution in [2.45, 2.75) is 28.2 Å². The number of fused-ring (bicyclic) bond motifs is 1. The lowest BCUT2D eigenvalue weighted by Crippen LogP contribution is -2.29. The number of amides is 1. The number of ether oxygens (including phenoxy) is 1. The Hall–Kier alpha value is -4.37. The molecule has 4 rings (SSSR count). The average molecular weight is 560 g/mol. The number of rotatable bonds is 10. The summed E-state index contributed by atoms with van der Waals surface area (Å²) in [5, 5.41) is 7.42. The zero-order valence-electron chi connectivity index (χ0n) is 24.8. The van der Waals surface area contributed by atoms with Crippen LogP contribution >= 0.6 is 0 Å². The summed E-state index contributed by atoms with van der Waals surface area (Å²) in [6.07, 6.45) is 7.01. The van der Waals surface area contributed by atoms with Crippen molar-refractivity contribution >= 4 is 39.8 Å². The van der Waals surface area contributed by atoms with Crippen LogP contribution in [0.3, 0.4) is 0 Å². The average Bonchev–Trinajstić information content (AvgIpc) is 3.29. The highest BCUT2D eigenvalue weighted by Crippen LogP contribution is 2.38. The molecule has 1 amide bonds. The Labute approximate surface area is 244 Å². The number of likely N-dealkylation sites (N-methyl/N-ethyl adjacent to an activating group) is 2. The van der Waals surface area contributed by atoms with E-state index in [4.69, 9.17) is 9.72 Å². The summed E-state index contributed by atoms with van der Waals surface area (Å²) in [4.78, 5) is 25.9. The molecule has 9 nitrogen and oxygen atoms in total. The van der Waals surface area contributed by atoms with E-state index in [0.717, 1.165) is 40.9 Å². The van der Waals surface area contributed by atoms with Gasteiger partial charge in [0.25, 0.3) is 0 Å². The normalized spacial score (nSPS) is 10.7. The first-order chi connectivity index (χ1) is 19.3. The quantitative estimate of drug-likeness (QED) is 0.213. The van der Waals surface area contributed by atoms with Crippen LogP contribution in [0.1, 0.15) is 28.2 Å². The summed E-state index contributed by atoms with van der Waals surface area (Å²) >= 11 is 0. The topological polar surface area (TPSA) is 87.5 Å². The van der Waals surface area contributed by atoms with E-state index < -0.39 is 0 Å². The van der Waals surface area contributed by atoms with E-state index in [0.29, 0.717) is 23.1 Å². The summed E-state index contributed by atoms with van der Waals surface area (Å²) in [6.45, 7) is 7.44. The molecule has 0 saturated heterocycles. The number of nitrogens with one attached hydrogen (secondary N) is 2. The van der Waals surface area contributed by atoms with Gasteiger partial charge in [0.05, 0.1) is 29.9 Å². The van der Waals surface area contributed by atoms with Gasteiger partial charge in [-0.2, -0.15) is 0 Å². The van der Waals surface area contributed by atoms with Gasteiger partial charge in [0.2, 0.25) is 11.9 Å². The third kappa shape index (κ3) is 8.08. The van der Waals surface area contributed by atoms with Gasteiger partial charge < -0.3 is 29.7 Å². The van der Waals surface area contributed by atoms with Crippen LogP contribution in [0.25, 0.3) is 22.2 Å². The number of hydrogen-bond donors (Lipinski definition) is 2. The molecule has 0 aliphatic carbocycles. The van der Waals surface area contributed by atoms with Crippen molar-refractivity contribution in [3.8, 4) is 17.0 Å². The van der Waals surface area contributed by atoms with Gasteiger partial charge in [-0.3, -0.25) is 4.79 Å². The van der Waals surface area contributed by atoms with Crippen LogP contribution < -0.4 is 20.3 Å². The van der Waals surface area contributed by atoms with Gasteiger partial charge in [-0.05, 0) is 45.3 Å². The molecule has 0 fully saturated rings. The van der Waals surface area contributed by atoms with Crippen molar-refractivity contribution in [1.29, 1.82) is 0 Å². The van der Waals surface area contributed by atoms with Gasteiger partial charge in [-0.15, -0.1) is 0 Å². The van der Waals surface area contributed by atoms with Crippen LogP contribution in [-0.4, -0.2) is 66.7 Å². The maximum absolute atomic E-state index is 12.5. The van der Waals surface area contributed by atoms with Crippen LogP contribution in [-0.2, 0) is 11.8 Å². The minimum Gasteiger partial charge on any atom is -0.494 e. The van der Waals surface area contributed by atoms with Crippen LogP contribution in [0.2, 0.25) is 0 Å². The van der Waals surface area contributed by atoms with Crippen LogP contribution in [0.5, 0.6) is 5.75 Å². The molecule has 0 unspecified atom stereocenters. The number of carbonyl (C=O) groups excluding carboxylic acids is 1. The van der Waals surface area contributed by atoms with Gasteiger partial charge >= 0.3 is 0 Å². The number of aryl methyl sites for hydroxylation is 1. The molecule has 0 bridgehead atoms. The zero-order valence-corrected chi connectivity index (χ0v) is 24.8. The van der Waals surface area contributed by atoms with Gasteiger partial charge in [-0.25, -0.2) is 9.97 Å². The van der Waals surface area contributed by atoms with Crippen LogP contribution in [0.15, 0.2) is 67.0 Å². The summed E-state index contributed by atoms with van der Waals surface area (Å²) < 4.78 is 7.82. The third-order valence-electron chi connectivity index (χ3n) is 6.26. The van der Waals surface area contributed by atoms with E-state index in [-0.39, 0.29) is 13.3 Å². The minimum absolute atomic E-state index is 0. The Kier molecular flexibility index (Phi) is 12.4. The maximum atomic E-state index is 12.5. The van der Waals surface area contributed by atoms with Crippen molar-refractivity contribution in [3.63, 3.8) is 0 Å². The summed E-state index contributed by atoms with van der Waals surface area (Å²) in [7, 11) is 9.70. The second-order valence-corrected chi connectivity index (χ2v) is 9.35. The van der Waals surface area contributed by atoms with E-state index in [1.54, 1.807) is 19.4 Å². The summed E-state index contributed by atoms with van der Waals surface area (Å²) in [6, 6.07) is 13.9. The Morgan fingerprint density at radius 2 is 1.80 bits per heavy atom. The van der Waals surface area contributed by atoms with Crippen LogP contribution in [0.4, 0.5) is 23.0 Å². The summed E-state index contributed by atoms with van der Waals surface area (Å²) in [5.41, 5.74) is 5.11. The monoisotopic (exact) mass is 559 g/mol. The van der Waals surface area contributed by atoms with Crippen molar-refractivity contribution in [1.82, 2.24) is 19.4 Å². The lowest BCUT2D eigenvalue weighted by atomic mass is 10.1. The number of aromatic nitrogens is 3. The molecule has 0 spiro atoms. The predicted octanol–water partition coefficient (Wildman–Crippen LogP) is 6.56. The van der Waals surface area contributed by atoms with Crippen molar-refractivity contribution in [3.05, 3.63) is 67.0 Å². The highest BCUT2D eigenvalue weighted by molar-refractivity contribution is 6.02. The fraction of sp³-hybridized carbons (Fsp3) is 0.344. The fourth-order valence-corrected chi connectivity index (χ4v) is 4.28. The van der Waals surface area contributed by atoms with E-state index >= 15 is 0 Å². The van der Waals surface area contributed by atoms with Crippen molar-refractivity contribution in [2.75, 3.05) is 56.9 Å². The van der Waals surface area contributed by atoms with E-state index in [1.165, 1.54) is 6.08 Å². The second kappa shape index (κ2) is 15.4. The molecule has 0 radical (unpaired) electrons. The largest absolute Gasteiger partial charge is 0.494 e. The van der Waals surface area contributed by atoms with E-state index in [9.17, 15) is 4.79 Å². The first-order valence-electron chi connectivity index (χ1n) is 13.5. The molecule has 0 aliphatic heterocycles. The Morgan fingerprint density at radius 3 is 2.49 bits per heavy atom. The molecular weight excluding hydrogens is 514 g/mol. The molecule has 2 aromatic heterocycles. The second-order valence-electron chi connectivity index (χ2n) is 9.35. The number of nitrogens with zero attached hydrogens (tertiary/aromatic N) is 5. The zero-order chi connectivity index (χ0) is 29.2. The molecule has 4 aromatic rings. The fourth-order valence-electron chi connectivity index (χ4n) is 4.28. The number of hydrogen-bond acceptors (Lipinski definition) is 7. The molecule has 220 valence electrons. The molecular formula is C32H45N7O2. The SMILES string of the molecule is C.C/C=C/C(=O)Nc1cc(Nc2nccc(-c3cn(C)c4ccccc34)n2)c(OC)cc1N(C)CCN(C)C.CC. The molecule has 0 aliphatic rings. The Balaban J connectivity index is 0.00000192. The number of allylic oxidation sites excluding steroid dienone is 1. The van der Waals surface area contributed by atoms with Crippen molar-refractivity contribution in [2.24, 2.45) is 7.05 Å². The highest BCUT2D eigenvalue weighted by Gasteiger charge is 2.17. The first kappa shape index (κ1) is 32.8. The van der Waals surface area contributed by atoms with E-state index in [2.05, 4.69) is 48.3 Å². The molecule has 41 heavy (non-hydrogen) atoms. The Morgan fingerprint density at radius 1 is 1.07 bits per heavy atom.